The van der Waals surface area contributed by atoms with Gasteiger partial charge in [-0.2, -0.15) is 0 Å². The maximum atomic E-state index is 8.77. The molecule has 0 unspecified atom stereocenters. The molecular weight excluding hydrogens is 190 g/mol. The first-order valence-corrected chi connectivity index (χ1v) is 5.01. The quantitative estimate of drug-likeness (QED) is 0.470. The van der Waals surface area contributed by atoms with Crippen LogP contribution in [0.3, 0.4) is 0 Å². The van der Waals surface area contributed by atoms with Crippen LogP contribution in [0.15, 0.2) is 23.4 Å². The van der Waals surface area contributed by atoms with E-state index in [1.165, 1.54) is 0 Å². The van der Waals surface area contributed by atoms with Crippen molar-refractivity contribution in [3.8, 4) is 5.75 Å². The molecule has 0 aromatic heterocycles. The van der Waals surface area contributed by atoms with Crippen LogP contribution in [0.2, 0.25) is 0 Å². The van der Waals surface area contributed by atoms with Crippen molar-refractivity contribution in [3.63, 3.8) is 0 Å². The maximum Gasteiger partial charge on any atom is 0.131 e. The topological polar surface area (TPSA) is 41.8 Å². The predicted molar refractivity (Wildman–Crippen MR) is 60.9 cm³/mol. The molecule has 0 bridgehead atoms. The van der Waals surface area contributed by atoms with Crippen molar-refractivity contribution in [2.24, 2.45) is 5.16 Å². The van der Waals surface area contributed by atoms with E-state index in [9.17, 15) is 0 Å². The van der Waals surface area contributed by atoms with Crippen molar-refractivity contribution in [1.29, 1.82) is 0 Å². The Morgan fingerprint density at radius 3 is 2.60 bits per heavy atom. The lowest BCUT2D eigenvalue weighted by molar-refractivity contribution is 0.240. The number of aryl methyl sites for hydroxylation is 1. The highest BCUT2D eigenvalue weighted by Gasteiger charge is 2.11. The van der Waals surface area contributed by atoms with E-state index in [0.29, 0.717) is 5.71 Å². The number of hydrogen-bond donors (Lipinski definition) is 1. The van der Waals surface area contributed by atoms with Gasteiger partial charge < -0.3 is 9.94 Å². The molecular formula is C12H17NO2. The predicted octanol–water partition coefficient (Wildman–Crippen LogP) is 2.98. The summed E-state index contributed by atoms with van der Waals surface area (Å²) in [5.41, 5.74) is 2.45. The van der Waals surface area contributed by atoms with Crippen LogP contribution in [-0.4, -0.2) is 17.0 Å². The van der Waals surface area contributed by atoms with Gasteiger partial charge in [-0.25, -0.2) is 0 Å². The Bertz CT molecular complexity index is 370. The molecule has 0 fully saturated rings. The highest BCUT2D eigenvalue weighted by Crippen LogP contribution is 2.25. The fourth-order valence-corrected chi connectivity index (χ4v) is 1.38. The Hall–Kier alpha value is -1.51. The Morgan fingerprint density at radius 1 is 1.40 bits per heavy atom. The van der Waals surface area contributed by atoms with E-state index in [0.717, 1.165) is 16.9 Å². The van der Waals surface area contributed by atoms with Crippen molar-refractivity contribution >= 4 is 5.71 Å². The number of oxime groups is 1. The molecule has 0 spiro atoms. The number of nitrogens with zero attached hydrogens (tertiary/aromatic N) is 1. The lowest BCUT2D eigenvalue weighted by atomic mass is 10.1. The second-order valence-electron chi connectivity index (χ2n) is 3.80. The first-order chi connectivity index (χ1) is 7.06. The van der Waals surface area contributed by atoms with Gasteiger partial charge >= 0.3 is 0 Å². The molecule has 0 aliphatic rings. The average Bonchev–Trinajstić information content (AvgIpc) is 2.19. The average molecular weight is 207 g/mol. The summed E-state index contributed by atoms with van der Waals surface area (Å²) in [6.07, 6.45) is 0.108. The van der Waals surface area contributed by atoms with Gasteiger partial charge in [-0.1, -0.05) is 17.3 Å². The molecule has 0 saturated carbocycles. The minimum atomic E-state index is 0.108. The van der Waals surface area contributed by atoms with Crippen LogP contribution in [0.1, 0.15) is 31.9 Å². The first-order valence-electron chi connectivity index (χ1n) is 5.01. The van der Waals surface area contributed by atoms with Crippen molar-refractivity contribution in [2.45, 2.75) is 33.8 Å². The van der Waals surface area contributed by atoms with Crippen LogP contribution in [0.25, 0.3) is 0 Å². The molecule has 0 atom stereocenters. The molecule has 0 amide bonds. The van der Waals surface area contributed by atoms with E-state index in [1.54, 1.807) is 6.92 Å². The number of rotatable bonds is 3. The van der Waals surface area contributed by atoms with Gasteiger partial charge in [0.15, 0.2) is 0 Å². The lowest BCUT2D eigenvalue weighted by Gasteiger charge is -2.16. The molecule has 0 heterocycles. The van der Waals surface area contributed by atoms with Crippen LogP contribution < -0.4 is 4.74 Å². The molecule has 3 nitrogen and oxygen atoms in total. The van der Waals surface area contributed by atoms with Crippen molar-refractivity contribution in [2.75, 3.05) is 0 Å². The molecule has 3 heteroatoms. The van der Waals surface area contributed by atoms with Crippen molar-refractivity contribution in [1.82, 2.24) is 0 Å². The fourth-order valence-electron chi connectivity index (χ4n) is 1.38. The van der Waals surface area contributed by atoms with Crippen LogP contribution in [0.5, 0.6) is 5.75 Å². The SMILES string of the molecule is C/C(=N\O)c1cccc(C)c1OC(C)C. The van der Waals surface area contributed by atoms with Gasteiger partial charge in [0.2, 0.25) is 0 Å². The van der Waals surface area contributed by atoms with Gasteiger partial charge in [0.1, 0.15) is 5.75 Å². The van der Waals surface area contributed by atoms with E-state index in [1.807, 2.05) is 39.0 Å². The van der Waals surface area contributed by atoms with E-state index >= 15 is 0 Å². The molecule has 82 valence electrons. The monoisotopic (exact) mass is 207 g/mol. The van der Waals surface area contributed by atoms with E-state index in [-0.39, 0.29) is 6.10 Å². The van der Waals surface area contributed by atoms with Gasteiger partial charge in [0, 0.05) is 5.56 Å². The number of ether oxygens (including phenoxy) is 1. The largest absolute Gasteiger partial charge is 0.490 e. The summed E-state index contributed by atoms with van der Waals surface area (Å²) in [5.74, 6) is 0.794. The first kappa shape index (κ1) is 11.6. The van der Waals surface area contributed by atoms with Gasteiger partial charge in [0.05, 0.1) is 11.8 Å². The second kappa shape index (κ2) is 4.82. The van der Waals surface area contributed by atoms with Gasteiger partial charge in [-0.3, -0.25) is 0 Å². The molecule has 0 aliphatic heterocycles. The Balaban J connectivity index is 3.20. The van der Waals surface area contributed by atoms with E-state index in [2.05, 4.69) is 5.16 Å². The van der Waals surface area contributed by atoms with Gasteiger partial charge in [0.25, 0.3) is 0 Å². The fraction of sp³-hybridized carbons (Fsp3) is 0.417. The van der Waals surface area contributed by atoms with Crippen molar-refractivity contribution in [3.05, 3.63) is 29.3 Å². The minimum Gasteiger partial charge on any atom is -0.490 e. The summed E-state index contributed by atoms with van der Waals surface area (Å²) in [7, 11) is 0. The highest BCUT2D eigenvalue weighted by atomic mass is 16.5. The number of para-hydroxylation sites is 1. The van der Waals surface area contributed by atoms with E-state index < -0.39 is 0 Å². The third-order valence-corrected chi connectivity index (χ3v) is 2.11. The summed E-state index contributed by atoms with van der Waals surface area (Å²) >= 11 is 0. The van der Waals surface area contributed by atoms with Gasteiger partial charge in [-0.05, 0) is 39.3 Å². The smallest absolute Gasteiger partial charge is 0.131 e. The molecule has 0 radical (unpaired) electrons. The zero-order valence-corrected chi connectivity index (χ0v) is 9.61. The lowest BCUT2D eigenvalue weighted by Crippen LogP contribution is -2.10. The van der Waals surface area contributed by atoms with Gasteiger partial charge in [-0.15, -0.1) is 0 Å². The Morgan fingerprint density at radius 2 is 2.07 bits per heavy atom. The standard InChI is InChI=1S/C12H17NO2/c1-8(2)15-12-9(3)6-5-7-11(12)10(4)13-14/h5-8,14H,1-4H3/b13-10+. The summed E-state index contributed by atoms with van der Waals surface area (Å²) in [5, 5.41) is 12.0. The summed E-state index contributed by atoms with van der Waals surface area (Å²) in [6.45, 7) is 7.68. The van der Waals surface area contributed by atoms with Crippen LogP contribution in [0, 0.1) is 6.92 Å². The Kier molecular flexibility index (Phi) is 3.72. The zero-order valence-electron chi connectivity index (χ0n) is 9.61. The van der Waals surface area contributed by atoms with Crippen LogP contribution in [0.4, 0.5) is 0 Å². The molecule has 0 aliphatic carbocycles. The summed E-state index contributed by atoms with van der Waals surface area (Å²) in [6, 6.07) is 5.79. The van der Waals surface area contributed by atoms with Crippen LogP contribution >= 0.6 is 0 Å². The third kappa shape index (κ3) is 2.72. The molecule has 1 aromatic rings. The molecule has 15 heavy (non-hydrogen) atoms. The normalized spacial score (nSPS) is 11.9. The molecule has 1 aromatic carbocycles. The number of hydrogen-bond acceptors (Lipinski definition) is 3. The second-order valence-corrected chi connectivity index (χ2v) is 3.80. The Labute approximate surface area is 90.4 Å². The third-order valence-electron chi connectivity index (χ3n) is 2.11. The minimum absolute atomic E-state index is 0.108. The molecule has 1 N–H and O–H groups in total. The highest BCUT2D eigenvalue weighted by molar-refractivity contribution is 6.01. The zero-order chi connectivity index (χ0) is 11.4. The summed E-state index contributed by atoms with van der Waals surface area (Å²) in [4.78, 5) is 0. The van der Waals surface area contributed by atoms with Crippen LogP contribution in [-0.2, 0) is 0 Å². The van der Waals surface area contributed by atoms with E-state index in [4.69, 9.17) is 9.94 Å². The maximum absolute atomic E-state index is 8.77. The molecule has 0 saturated heterocycles. The number of benzene rings is 1. The van der Waals surface area contributed by atoms with Crippen molar-refractivity contribution < 1.29 is 9.94 Å². The molecule has 1 rings (SSSR count). The summed E-state index contributed by atoms with van der Waals surface area (Å²) < 4.78 is 5.71.